The topological polar surface area (TPSA) is 34.1 Å². The second kappa shape index (κ2) is 4.97. The molecule has 0 aliphatic heterocycles. The number of rotatable bonds is 2. The van der Waals surface area contributed by atoms with Gasteiger partial charge in [-0.2, -0.15) is 8.42 Å². The van der Waals surface area contributed by atoms with Gasteiger partial charge in [-0.15, -0.1) is 3.89 Å². The van der Waals surface area contributed by atoms with Gasteiger partial charge in [0.25, 0.3) is 0 Å². The van der Waals surface area contributed by atoms with Crippen LogP contribution in [0.5, 0.6) is 0 Å². The number of hydrogen-bond donors (Lipinski definition) is 0. The molecule has 1 aromatic rings. The smallest absolute Gasteiger partial charge is 0.194 e. The largest absolute Gasteiger partial charge is 0.306 e. The predicted molar refractivity (Wildman–Crippen MR) is 45.9 cm³/mol. The fraction of sp³-hybridized carbons (Fsp3) is 0.143. The third-order valence-electron chi connectivity index (χ3n) is 1.18. The maximum atomic E-state index is 12.0. The summed E-state index contributed by atoms with van der Waals surface area (Å²) in [6.07, 6.45) is 0. The molecule has 1 radical (unpaired) electrons. The summed E-state index contributed by atoms with van der Waals surface area (Å²) in [7, 11) is -4.38. The van der Waals surface area contributed by atoms with Crippen LogP contribution < -0.4 is 0 Å². The van der Waals surface area contributed by atoms with E-state index in [-0.39, 0.29) is 29.6 Å². The van der Waals surface area contributed by atoms with Crippen molar-refractivity contribution in [1.82, 2.24) is 0 Å². The third-order valence-corrected chi connectivity index (χ3v) is 1.86. The van der Waals surface area contributed by atoms with Crippen molar-refractivity contribution in [3.05, 3.63) is 35.9 Å². The van der Waals surface area contributed by atoms with Gasteiger partial charge in [-0.1, -0.05) is 30.3 Å². The average Bonchev–Trinajstić information content (AvgIpc) is 1.85. The fourth-order valence-electron chi connectivity index (χ4n) is 0.773. The minimum absolute atomic E-state index is 0. The second-order valence-electron chi connectivity index (χ2n) is 2.17. The van der Waals surface area contributed by atoms with Crippen molar-refractivity contribution in [2.45, 2.75) is 5.75 Å². The molecule has 12 heavy (non-hydrogen) atoms. The summed E-state index contributed by atoms with van der Waals surface area (Å²) < 4.78 is 32.3. The normalized spacial score (nSPS) is 10.4. The first-order chi connectivity index (χ1) is 5.08. The molecule has 0 aliphatic carbocycles. The molecule has 0 saturated heterocycles. The molecule has 1 aromatic carbocycles. The van der Waals surface area contributed by atoms with Gasteiger partial charge in [-0.25, -0.2) is 0 Å². The van der Waals surface area contributed by atoms with E-state index in [2.05, 4.69) is 0 Å². The summed E-state index contributed by atoms with van der Waals surface area (Å²) in [6, 6.07) is 8.21. The Balaban J connectivity index is 0.00000121. The molecular formula is C7H7FNaO2S. The predicted octanol–water partition coefficient (Wildman–Crippen LogP) is 1.11. The molecule has 0 aliphatic rings. The Morgan fingerprint density at radius 2 is 1.67 bits per heavy atom. The first-order valence-corrected chi connectivity index (χ1v) is 4.59. The van der Waals surface area contributed by atoms with E-state index in [1.54, 1.807) is 30.3 Å². The van der Waals surface area contributed by atoms with Gasteiger partial charge in [0.2, 0.25) is 0 Å². The summed E-state index contributed by atoms with van der Waals surface area (Å²) in [5.74, 6) is -0.534. The quantitative estimate of drug-likeness (QED) is 0.525. The molecule has 0 fully saturated rings. The van der Waals surface area contributed by atoms with Gasteiger partial charge < -0.3 is 0 Å². The fourth-order valence-corrected chi connectivity index (χ4v) is 1.36. The Bertz CT molecular complexity index is 323. The van der Waals surface area contributed by atoms with E-state index in [1.807, 2.05) is 0 Å². The number of hydrogen-bond acceptors (Lipinski definition) is 2. The van der Waals surface area contributed by atoms with E-state index < -0.39 is 16.0 Å². The van der Waals surface area contributed by atoms with Crippen molar-refractivity contribution >= 4 is 39.8 Å². The van der Waals surface area contributed by atoms with Crippen LogP contribution >= 0.6 is 0 Å². The van der Waals surface area contributed by atoms with Crippen LogP contribution in [0.2, 0.25) is 0 Å². The van der Waals surface area contributed by atoms with Crippen LogP contribution in [0.3, 0.4) is 0 Å². The molecule has 0 spiro atoms. The van der Waals surface area contributed by atoms with Crippen LogP contribution in [-0.2, 0) is 16.0 Å². The Morgan fingerprint density at radius 3 is 2.08 bits per heavy atom. The molecule has 0 atom stereocenters. The van der Waals surface area contributed by atoms with E-state index in [9.17, 15) is 12.3 Å². The van der Waals surface area contributed by atoms with Gasteiger partial charge in [0.05, 0.1) is 0 Å². The Hall–Kier alpha value is 0.100. The van der Waals surface area contributed by atoms with Gasteiger partial charge in [0.15, 0.2) is 0 Å². The Kier molecular flexibility index (Phi) is 5.01. The molecule has 2 nitrogen and oxygen atoms in total. The summed E-state index contributed by atoms with van der Waals surface area (Å²) in [4.78, 5) is 0. The standard InChI is InChI=1S/C7H7FO2S.Na/c8-11(9,10)6-7-4-2-1-3-5-7;/h1-5H,6H2;. The summed E-state index contributed by atoms with van der Waals surface area (Å²) in [5.41, 5.74) is 0.468. The van der Waals surface area contributed by atoms with Gasteiger partial charge in [-0.05, 0) is 5.56 Å². The second-order valence-corrected chi connectivity index (χ2v) is 3.54. The van der Waals surface area contributed by atoms with Crippen LogP contribution in [0.15, 0.2) is 30.3 Å². The van der Waals surface area contributed by atoms with Crippen LogP contribution in [0.1, 0.15) is 5.56 Å². The van der Waals surface area contributed by atoms with E-state index in [4.69, 9.17) is 0 Å². The summed E-state index contributed by atoms with van der Waals surface area (Å²) in [6.45, 7) is 0. The zero-order valence-corrected chi connectivity index (χ0v) is 9.51. The molecule has 1 rings (SSSR count). The van der Waals surface area contributed by atoms with Crippen LogP contribution in [0, 0.1) is 0 Å². The van der Waals surface area contributed by atoms with E-state index in [0.29, 0.717) is 5.56 Å². The van der Waals surface area contributed by atoms with E-state index in [0.717, 1.165) is 0 Å². The maximum absolute atomic E-state index is 12.0. The minimum Gasteiger partial charge on any atom is -0.194 e. The van der Waals surface area contributed by atoms with Crippen molar-refractivity contribution in [1.29, 1.82) is 0 Å². The van der Waals surface area contributed by atoms with Gasteiger partial charge >= 0.3 is 10.2 Å². The van der Waals surface area contributed by atoms with Gasteiger partial charge in [-0.3, -0.25) is 0 Å². The molecule has 0 aromatic heterocycles. The zero-order chi connectivity index (χ0) is 8.32. The van der Waals surface area contributed by atoms with Crippen molar-refractivity contribution < 1.29 is 12.3 Å². The van der Waals surface area contributed by atoms with E-state index >= 15 is 0 Å². The van der Waals surface area contributed by atoms with Crippen LogP contribution in [-0.4, -0.2) is 38.0 Å². The molecule has 0 saturated carbocycles. The molecule has 5 heteroatoms. The summed E-state index contributed by atoms with van der Waals surface area (Å²) in [5, 5.41) is 0. The number of halogens is 1. The zero-order valence-electron chi connectivity index (χ0n) is 6.70. The van der Waals surface area contributed by atoms with Crippen LogP contribution in [0.25, 0.3) is 0 Å². The van der Waals surface area contributed by atoms with Crippen molar-refractivity contribution in [2.75, 3.05) is 0 Å². The van der Waals surface area contributed by atoms with Gasteiger partial charge in [0, 0.05) is 29.6 Å². The average molecular weight is 197 g/mol. The molecule has 0 amide bonds. The minimum atomic E-state index is -4.38. The Labute approximate surface area is 93.3 Å². The molecular weight excluding hydrogens is 190 g/mol. The SMILES string of the molecule is O=S(=O)(F)Cc1ccccc1.[Na]. The Morgan fingerprint density at radius 1 is 1.17 bits per heavy atom. The van der Waals surface area contributed by atoms with Crippen molar-refractivity contribution in [3.8, 4) is 0 Å². The summed E-state index contributed by atoms with van der Waals surface area (Å²) >= 11 is 0. The van der Waals surface area contributed by atoms with Crippen molar-refractivity contribution in [3.63, 3.8) is 0 Å². The van der Waals surface area contributed by atoms with E-state index in [1.165, 1.54) is 0 Å². The maximum Gasteiger partial charge on any atom is 0.306 e. The monoisotopic (exact) mass is 197 g/mol. The van der Waals surface area contributed by atoms with Crippen molar-refractivity contribution in [2.24, 2.45) is 0 Å². The first kappa shape index (κ1) is 12.1. The molecule has 0 N–H and O–H groups in total. The molecule has 0 bridgehead atoms. The molecule has 0 unspecified atom stereocenters. The first-order valence-electron chi connectivity index (χ1n) is 3.04. The molecule has 0 heterocycles. The third kappa shape index (κ3) is 4.87. The number of benzene rings is 1. The molecule has 61 valence electrons. The van der Waals surface area contributed by atoms with Gasteiger partial charge in [0.1, 0.15) is 5.75 Å². The van der Waals surface area contributed by atoms with Crippen LogP contribution in [0.4, 0.5) is 3.89 Å².